The Hall–Kier alpha value is -2.37. The van der Waals surface area contributed by atoms with E-state index >= 15 is 8.78 Å². The van der Waals surface area contributed by atoms with Gasteiger partial charge in [0, 0.05) is 36.0 Å². The minimum absolute atomic E-state index is 0.0273. The SMILES string of the molecule is C#C.C[C@]12C=CC(=O)C=C1[C@@H](F)C[C@H]1C3C[C@H]4CN(Cc5cccc(Cl)c5)C[C@@]4(C(=O)CO)[C@@]3(C)C[C@H](O)[C@@]12F. The molecular weight excluding hydrogens is 536 g/mol. The first kappa shape index (κ1) is 29.1. The first-order chi connectivity index (χ1) is 18.9. The predicted octanol–water partition coefficient (Wildman–Crippen LogP) is 4.50. The lowest BCUT2D eigenvalue weighted by molar-refractivity contribution is -0.212. The highest BCUT2D eigenvalue weighted by atomic mass is 35.5. The van der Waals surface area contributed by atoms with Gasteiger partial charge in [0.15, 0.2) is 17.2 Å². The molecule has 1 aromatic carbocycles. The summed E-state index contributed by atoms with van der Waals surface area (Å²) in [7, 11) is 0. The van der Waals surface area contributed by atoms with Crippen LogP contribution in [0, 0.1) is 46.8 Å². The van der Waals surface area contributed by atoms with Crippen molar-refractivity contribution in [3.8, 4) is 12.8 Å². The number of fused-ring (bicyclic) bond motifs is 7. The van der Waals surface area contributed by atoms with Gasteiger partial charge in [-0.15, -0.1) is 12.8 Å². The smallest absolute Gasteiger partial charge is 0.178 e. The van der Waals surface area contributed by atoms with E-state index in [1.54, 1.807) is 13.0 Å². The number of alkyl halides is 2. The second-order valence-corrected chi connectivity index (χ2v) is 13.1. The van der Waals surface area contributed by atoms with Gasteiger partial charge in [-0.1, -0.05) is 36.7 Å². The van der Waals surface area contributed by atoms with Crippen LogP contribution in [0.1, 0.15) is 38.7 Å². The largest absolute Gasteiger partial charge is 0.390 e. The molecule has 9 atom stereocenters. The fraction of sp³-hybridized carbons (Fsp3) is 0.562. The maximum atomic E-state index is 17.4. The zero-order valence-electron chi connectivity index (χ0n) is 22.8. The number of hydrogen-bond acceptors (Lipinski definition) is 5. The van der Waals surface area contributed by atoms with Crippen molar-refractivity contribution >= 4 is 23.2 Å². The molecule has 0 aromatic heterocycles. The predicted molar refractivity (Wildman–Crippen MR) is 149 cm³/mol. The molecule has 214 valence electrons. The molecule has 5 aliphatic rings. The number of allylic oxidation sites excluding steroid dienone is 4. The molecule has 0 bridgehead atoms. The molecule has 5 nitrogen and oxygen atoms in total. The van der Waals surface area contributed by atoms with Crippen molar-refractivity contribution in [1.82, 2.24) is 4.90 Å². The van der Waals surface area contributed by atoms with Crippen molar-refractivity contribution in [1.29, 1.82) is 0 Å². The zero-order chi connectivity index (χ0) is 29.3. The van der Waals surface area contributed by atoms with Gasteiger partial charge in [-0.2, -0.15) is 0 Å². The molecule has 4 fully saturated rings. The lowest BCUT2D eigenvalue weighted by Crippen LogP contribution is -2.69. The molecule has 1 aromatic rings. The van der Waals surface area contributed by atoms with E-state index in [9.17, 15) is 19.8 Å². The fourth-order valence-electron chi connectivity index (χ4n) is 9.53. The van der Waals surface area contributed by atoms with Gasteiger partial charge in [-0.3, -0.25) is 14.5 Å². The van der Waals surface area contributed by atoms with E-state index in [4.69, 9.17) is 11.6 Å². The first-order valence-electron chi connectivity index (χ1n) is 13.8. The number of carbonyl (C=O) groups is 2. The van der Waals surface area contributed by atoms with Crippen LogP contribution >= 0.6 is 11.6 Å². The third-order valence-corrected chi connectivity index (χ3v) is 11.4. The maximum Gasteiger partial charge on any atom is 0.178 e. The molecule has 1 unspecified atom stereocenters. The Kier molecular flexibility index (Phi) is 7.19. The monoisotopic (exact) mass is 571 g/mol. The number of nitrogens with zero attached hydrogens (tertiary/aromatic N) is 1. The van der Waals surface area contributed by atoms with Crippen LogP contribution in [0.15, 0.2) is 48.1 Å². The van der Waals surface area contributed by atoms with Gasteiger partial charge >= 0.3 is 0 Å². The maximum absolute atomic E-state index is 17.4. The van der Waals surface area contributed by atoms with Crippen molar-refractivity contribution in [2.45, 2.75) is 57.6 Å². The Bertz CT molecular complexity index is 1310. The number of hydrogen-bond donors (Lipinski definition) is 2. The number of likely N-dealkylation sites (tertiary alicyclic amines) is 1. The highest BCUT2D eigenvalue weighted by Crippen LogP contribution is 2.74. The van der Waals surface area contributed by atoms with Crippen molar-refractivity contribution in [3.05, 3.63) is 58.7 Å². The molecule has 1 saturated heterocycles. The number of terminal acetylenes is 1. The van der Waals surface area contributed by atoms with Crippen molar-refractivity contribution in [3.63, 3.8) is 0 Å². The van der Waals surface area contributed by atoms with E-state index in [1.165, 1.54) is 18.2 Å². The summed E-state index contributed by atoms with van der Waals surface area (Å²) < 4.78 is 33.2. The minimum Gasteiger partial charge on any atom is -0.390 e. The summed E-state index contributed by atoms with van der Waals surface area (Å²) in [5.41, 5.74) is -4.32. The van der Waals surface area contributed by atoms with Crippen LogP contribution < -0.4 is 0 Å². The Labute approximate surface area is 239 Å². The third-order valence-electron chi connectivity index (χ3n) is 11.2. The van der Waals surface area contributed by atoms with Crippen LogP contribution in [0.5, 0.6) is 0 Å². The summed E-state index contributed by atoms with van der Waals surface area (Å²) in [6.45, 7) is 4.44. The summed E-state index contributed by atoms with van der Waals surface area (Å²) in [5.74, 6) is -2.01. The van der Waals surface area contributed by atoms with Crippen LogP contribution in [-0.4, -0.2) is 64.3 Å². The minimum atomic E-state index is -2.18. The van der Waals surface area contributed by atoms with E-state index in [0.29, 0.717) is 31.1 Å². The Morgan fingerprint density at radius 2 is 1.95 bits per heavy atom. The fourth-order valence-corrected chi connectivity index (χ4v) is 9.75. The van der Waals surface area contributed by atoms with Crippen LogP contribution in [0.4, 0.5) is 8.78 Å². The number of Topliss-reactive ketones (excluding diaryl/α,β-unsaturated/α-hetero) is 1. The number of halogens is 3. The van der Waals surface area contributed by atoms with Crippen molar-refractivity contribution in [2.24, 2.45) is 34.0 Å². The molecule has 0 spiro atoms. The van der Waals surface area contributed by atoms with Gasteiger partial charge < -0.3 is 10.2 Å². The van der Waals surface area contributed by atoms with Gasteiger partial charge in [0.1, 0.15) is 12.8 Å². The van der Waals surface area contributed by atoms with Crippen LogP contribution in [0.3, 0.4) is 0 Å². The normalized spacial score (nSPS) is 43.5. The summed E-state index contributed by atoms with van der Waals surface area (Å²) in [6.07, 6.45) is 9.33. The highest BCUT2D eigenvalue weighted by molar-refractivity contribution is 6.30. The van der Waals surface area contributed by atoms with Gasteiger partial charge in [-0.25, -0.2) is 8.78 Å². The van der Waals surface area contributed by atoms with Gasteiger partial charge in [0.05, 0.1) is 11.5 Å². The summed E-state index contributed by atoms with van der Waals surface area (Å²) in [5, 5.41) is 22.4. The van der Waals surface area contributed by atoms with Gasteiger partial charge in [0.2, 0.25) is 0 Å². The topological polar surface area (TPSA) is 77.8 Å². The standard InChI is InChI=1S/C30H34ClF2NO4.C2H2/c1-27-7-6-20(36)10-23(27)24(32)11-22-21-9-18-14-34(13-17-4-3-5-19(31)8-17)16-29(18,26(38)15-35)28(21,2)12-25(37)30(22,27)33;1-2/h3-8,10,18,21-22,24-25,35,37H,9,11-16H2,1-2H3;1-2H/t18-,21?,22-,24-,25-,27-,28-,29+,30-;/m0./s1. The number of aliphatic hydroxyl groups excluding tert-OH is 2. The van der Waals surface area contributed by atoms with E-state index in [0.717, 1.165) is 5.56 Å². The van der Waals surface area contributed by atoms with Crippen molar-refractivity contribution in [2.75, 3.05) is 19.7 Å². The summed E-state index contributed by atoms with van der Waals surface area (Å²) in [6, 6.07) is 7.55. The number of benzene rings is 1. The zero-order valence-corrected chi connectivity index (χ0v) is 23.6. The number of carbonyl (C=O) groups excluding carboxylic acids is 2. The lowest BCUT2D eigenvalue weighted by Gasteiger charge is -2.63. The Balaban J connectivity index is 0.00000158. The average molecular weight is 572 g/mol. The third kappa shape index (κ3) is 3.69. The van der Waals surface area contributed by atoms with Crippen molar-refractivity contribution < 1.29 is 28.6 Å². The Morgan fingerprint density at radius 3 is 2.62 bits per heavy atom. The van der Waals surface area contributed by atoms with Crippen LogP contribution in [-0.2, 0) is 16.1 Å². The average Bonchev–Trinajstić information content (AvgIpc) is 3.40. The summed E-state index contributed by atoms with van der Waals surface area (Å²) >= 11 is 6.19. The summed E-state index contributed by atoms with van der Waals surface area (Å²) in [4.78, 5) is 27.9. The molecule has 8 heteroatoms. The molecule has 1 heterocycles. The quantitative estimate of drug-likeness (QED) is 0.521. The molecule has 0 radical (unpaired) electrons. The number of ketones is 2. The van der Waals surface area contributed by atoms with E-state index in [1.807, 2.05) is 25.1 Å². The molecule has 1 aliphatic heterocycles. The molecular formula is C32H36ClF2NO4. The highest BCUT2D eigenvalue weighted by Gasteiger charge is 2.78. The van der Waals surface area contributed by atoms with E-state index in [-0.39, 0.29) is 41.8 Å². The van der Waals surface area contributed by atoms with E-state index < -0.39 is 46.7 Å². The van der Waals surface area contributed by atoms with Crippen LogP contribution in [0.2, 0.25) is 5.02 Å². The lowest BCUT2D eigenvalue weighted by atomic mass is 9.43. The second kappa shape index (κ2) is 9.87. The molecule has 2 N–H and O–H groups in total. The van der Waals surface area contributed by atoms with Gasteiger partial charge in [-0.05, 0) is 78.9 Å². The second-order valence-electron chi connectivity index (χ2n) is 12.6. The Morgan fingerprint density at radius 1 is 1.23 bits per heavy atom. The molecule has 0 amide bonds. The number of aliphatic hydroxyl groups is 2. The molecule has 3 saturated carbocycles. The van der Waals surface area contributed by atoms with Crippen LogP contribution in [0.25, 0.3) is 0 Å². The van der Waals surface area contributed by atoms with E-state index in [2.05, 4.69) is 17.7 Å². The molecule has 4 aliphatic carbocycles. The molecule has 6 rings (SSSR count). The molecule has 40 heavy (non-hydrogen) atoms. The first-order valence-corrected chi connectivity index (χ1v) is 14.2. The number of rotatable bonds is 4. The van der Waals surface area contributed by atoms with Gasteiger partial charge in [0.25, 0.3) is 0 Å².